The Morgan fingerprint density at radius 1 is 1.12 bits per heavy atom. The fourth-order valence-corrected chi connectivity index (χ4v) is 4.45. The predicted octanol–water partition coefficient (Wildman–Crippen LogP) is 3.77. The SMILES string of the molecule is CN(C)CC=CC(=O)N1CCC(Nc2n[nH]c3nccc(Oc4ccc(Oc5ccccc5)cc4C(N)=O)c23)C1. The lowest BCUT2D eigenvalue weighted by atomic mass is 10.1. The number of para-hydroxylation sites is 1. The number of rotatable bonds is 10. The van der Waals surface area contributed by atoms with Crippen molar-refractivity contribution in [2.75, 3.05) is 39.0 Å². The molecule has 0 aliphatic carbocycles. The Kier molecular flexibility index (Phi) is 7.92. The number of ether oxygens (including phenoxy) is 2. The van der Waals surface area contributed by atoms with E-state index in [1.165, 1.54) is 0 Å². The molecule has 1 atom stereocenters. The van der Waals surface area contributed by atoms with Gasteiger partial charge in [-0.05, 0) is 50.8 Å². The second-order valence-electron chi connectivity index (χ2n) is 9.72. The van der Waals surface area contributed by atoms with Crippen LogP contribution in [0.1, 0.15) is 16.8 Å². The number of amides is 2. The van der Waals surface area contributed by atoms with E-state index in [1.807, 2.05) is 60.3 Å². The molecule has 1 aliphatic heterocycles. The third kappa shape index (κ3) is 6.21. The van der Waals surface area contributed by atoms with E-state index in [1.54, 1.807) is 36.5 Å². The molecule has 0 bridgehead atoms. The number of H-pyrrole nitrogens is 1. The van der Waals surface area contributed by atoms with Crippen molar-refractivity contribution in [2.24, 2.45) is 5.73 Å². The van der Waals surface area contributed by atoms with Crippen LogP contribution in [0.15, 0.2) is 72.9 Å². The minimum atomic E-state index is -0.653. The van der Waals surface area contributed by atoms with Crippen molar-refractivity contribution in [3.63, 3.8) is 0 Å². The van der Waals surface area contributed by atoms with Crippen LogP contribution >= 0.6 is 0 Å². The number of nitrogens with two attached hydrogens (primary N) is 1. The van der Waals surface area contributed by atoms with Crippen LogP contribution in [-0.4, -0.2) is 76.6 Å². The molecule has 11 heteroatoms. The van der Waals surface area contributed by atoms with Gasteiger partial charge in [0, 0.05) is 44.0 Å². The summed E-state index contributed by atoms with van der Waals surface area (Å²) in [6.07, 6.45) is 5.84. The van der Waals surface area contributed by atoms with Gasteiger partial charge in [0.05, 0.1) is 5.56 Å². The molecule has 11 nitrogen and oxygen atoms in total. The number of primary amides is 1. The molecule has 0 saturated carbocycles. The summed E-state index contributed by atoms with van der Waals surface area (Å²) in [5.41, 5.74) is 6.37. The van der Waals surface area contributed by atoms with Crippen LogP contribution in [0.2, 0.25) is 0 Å². The summed E-state index contributed by atoms with van der Waals surface area (Å²) >= 11 is 0. The van der Waals surface area contributed by atoms with Gasteiger partial charge in [-0.15, -0.1) is 0 Å². The predicted molar refractivity (Wildman–Crippen MR) is 152 cm³/mol. The number of benzene rings is 2. The topological polar surface area (TPSA) is 139 Å². The standard InChI is InChI=1S/C29H31N7O4/c1-35(2)15-6-9-25(37)36-16-13-19(18-36)32-29-26-24(12-14-31-28(26)33-34-29)40-23-11-10-21(17-22(23)27(30)38)39-20-7-4-3-5-8-20/h3-12,14,17,19H,13,15-16,18H2,1-2H3,(H2,30,38)(H2,31,32,33,34). The van der Waals surface area contributed by atoms with E-state index in [0.717, 1.165) is 6.42 Å². The number of hydrogen-bond acceptors (Lipinski definition) is 8. The highest BCUT2D eigenvalue weighted by molar-refractivity contribution is 5.97. The monoisotopic (exact) mass is 541 g/mol. The quantitative estimate of drug-likeness (QED) is 0.258. The molecule has 1 fully saturated rings. The Morgan fingerprint density at radius 3 is 2.73 bits per heavy atom. The molecule has 4 N–H and O–H groups in total. The normalized spacial score (nSPS) is 15.2. The van der Waals surface area contributed by atoms with Gasteiger partial charge in [0.15, 0.2) is 11.5 Å². The zero-order valence-electron chi connectivity index (χ0n) is 22.3. The first-order valence-electron chi connectivity index (χ1n) is 12.9. The largest absolute Gasteiger partial charge is 0.457 e. The first-order valence-corrected chi connectivity index (χ1v) is 12.9. The van der Waals surface area contributed by atoms with Gasteiger partial charge in [0.25, 0.3) is 5.91 Å². The molecular formula is C29H31N7O4. The van der Waals surface area contributed by atoms with Crippen molar-refractivity contribution in [1.29, 1.82) is 0 Å². The third-order valence-corrected chi connectivity index (χ3v) is 6.41. The zero-order valence-corrected chi connectivity index (χ0v) is 22.3. The second kappa shape index (κ2) is 11.9. The fraction of sp³-hybridized carbons (Fsp3) is 0.241. The average molecular weight is 542 g/mol. The minimum absolute atomic E-state index is 0.00125. The molecule has 2 amide bonds. The molecule has 1 aliphatic rings. The van der Waals surface area contributed by atoms with E-state index in [-0.39, 0.29) is 23.3 Å². The Balaban J connectivity index is 1.33. The van der Waals surface area contributed by atoms with Gasteiger partial charge in [-0.3, -0.25) is 14.7 Å². The highest BCUT2D eigenvalue weighted by Gasteiger charge is 2.27. The smallest absolute Gasteiger partial charge is 0.252 e. The van der Waals surface area contributed by atoms with E-state index >= 15 is 0 Å². The van der Waals surface area contributed by atoms with Gasteiger partial charge in [0.2, 0.25) is 5.91 Å². The zero-order chi connectivity index (χ0) is 28.1. The maximum Gasteiger partial charge on any atom is 0.252 e. The van der Waals surface area contributed by atoms with Gasteiger partial charge < -0.3 is 30.3 Å². The lowest BCUT2D eigenvalue weighted by Gasteiger charge is -2.16. The molecule has 0 radical (unpaired) electrons. The van der Waals surface area contributed by atoms with Gasteiger partial charge >= 0.3 is 0 Å². The summed E-state index contributed by atoms with van der Waals surface area (Å²) in [5, 5.41) is 11.4. The number of carbonyl (C=O) groups is 2. The number of carbonyl (C=O) groups excluding carboxylic acids is 2. The summed E-state index contributed by atoms with van der Waals surface area (Å²) in [6.45, 7) is 1.90. The summed E-state index contributed by atoms with van der Waals surface area (Å²) in [4.78, 5) is 33.0. The Bertz CT molecular complexity index is 1530. The number of fused-ring (bicyclic) bond motifs is 1. The lowest BCUT2D eigenvalue weighted by Crippen LogP contribution is -2.30. The number of hydrogen-bond donors (Lipinski definition) is 3. The summed E-state index contributed by atoms with van der Waals surface area (Å²) in [5.74, 6) is 1.68. The van der Waals surface area contributed by atoms with E-state index in [9.17, 15) is 9.59 Å². The van der Waals surface area contributed by atoms with Gasteiger partial charge in [-0.1, -0.05) is 24.3 Å². The fourth-order valence-electron chi connectivity index (χ4n) is 4.45. The first-order chi connectivity index (χ1) is 19.4. The van der Waals surface area contributed by atoms with Crippen LogP contribution in [0.5, 0.6) is 23.0 Å². The van der Waals surface area contributed by atoms with Crippen LogP contribution in [0.3, 0.4) is 0 Å². The molecule has 206 valence electrons. The number of likely N-dealkylation sites (N-methyl/N-ethyl adjacent to an activating group) is 1. The van der Waals surface area contributed by atoms with Crippen molar-refractivity contribution in [3.05, 3.63) is 78.5 Å². The molecule has 1 saturated heterocycles. The van der Waals surface area contributed by atoms with E-state index in [2.05, 4.69) is 20.5 Å². The molecule has 2 aromatic carbocycles. The Labute approximate surface area is 231 Å². The highest BCUT2D eigenvalue weighted by atomic mass is 16.5. The number of anilines is 1. The molecule has 40 heavy (non-hydrogen) atoms. The van der Waals surface area contributed by atoms with Crippen molar-refractivity contribution < 1.29 is 19.1 Å². The molecule has 5 rings (SSSR count). The van der Waals surface area contributed by atoms with Gasteiger partial charge in [0.1, 0.15) is 28.4 Å². The Hall–Kier alpha value is -4.90. The maximum atomic E-state index is 12.6. The molecule has 2 aromatic heterocycles. The molecular weight excluding hydrogens is 510 g/mol. The number of likely N-dealkylation sites (tertiary alicyclic amines) is 1. The average Bonchev–Trinajstić information content (AvgIpc) is 3.58. The summed E-state index contributed by atoms with van der Waals surface area (Å²) < 4.78 is 12.1. The molecule has 1 unspecified atom stereocenters. The first kappa shape index (κ1) is 26.7. The number of aromatic nitrogens is 3. The van der Waals surface area contributed by atoms with Crippen molar-refractivity contribution >= 4 is 28.7 Å². The lowest BCUT2D eigenvalue weighted by molar-refractivity contribution is -0.125. The molecule has 0 spiro atoms. The van der Waals surface area contributed by atoms with Crippen molar-refractivity contribution in [2.45, 2.75) is 12.5 Å². The highest BCUT2D eigenvalue weighted by Crippen LogP contribution is 2.36. The number of nitrogens with one attached hydrogen (secondary N) is 2. The van der Waals surface area contributed by atoms with E-state index in [0.29, 0.717) is 53.7 Å². The number of aromatic amines is 1. The maximum absolute atomic E-state index is 12.6. The van der Waals surface area contributed by atoms with Crippen LogP contribution in [-0.2, 0) is 4.79 Å². The van der Waals surface area contributed by atoms with Gasteiger partial charge in [-0.2, -0.15) is 5.10 Å². The van der Waals surface area contributed by atoms with E-state index in [4.69, 9.17) is 15.2 Å². The molecule has 3 heterocycles. The van der Waals surface area contributed by atoms with Crippen LogP contribution in [0.25, 0.3) is 11.0 Å². The Morgan fingerprint density at radius 2 is 1.95 bits per heavy atom. The third-order valence-electron chi connectivity index (χ3n) is 6.41. The second-order valence-corrected chi connectivity index (χ2v) is 9.72. The van der Waals surface area contributed by atoms with Crippen LogP contribution in [0.4, 0.5) is 5.82 Å². The molecule has 4 aromatic rings. The van der Waals surface area contributed by atoms with Gasteiger partial charge in [-0.25, -0.2) is 4.98 Å². The minimum Gasteiger partial charge on any atom is -0.457 e. The van der Waals surface area contributed by atoms with Crippen molar-refractivity contribution in [3.8, 4) is 23.0 Å². The van der Waals surface area contributed by atoms with Crippen LogP contribution in [0, 0.1) is 0 Å². The van der Waals surface area contributed by atoms with Crippen LogP contribution < -0.4 is 20.5 Å². The summed E-state index contributed by atoms with van der Waals surface area (Å²) in [7, 11) is 3.91. The summed E-state index contributed by atoms with van der Waals surface area (Å²) in [6, 6.07) is 15.8. The van der Waals surface area contributed by atoms with Crippen molar-refractivity contribution in [1.82, 2.24) is 25.0 Å². The van der Waals surface area contributed by atoms with E-state index < -0.39 is 5.91 Å². The number of nitrogens with zero attached hydrogens (tertiary/aromatic N) is 4. The number of pyridine rings is 1.